The molecule has 3 N–H and O–H groups in total. The average Bonchev–Trinajstić information content (AvgIpc) is 2.63. The van der Waals surface area contributed by atoms with Crippen LogP contribution in [0.15, 0.2) is 18.2 Å². The molecule has 2 aliphatic heterocycles. The molecule has 1 saturated heterocycles. The Kier molecular flexibility index (Phi) is 6.29. The van der Waals surface area contributed by atoms with Crippen LogP contribution in [0.1, 0.15) is 34.6 Å². The summed E-state index contributed by atoms with van der Waals surface area (Å²) in [4.78, 5) is 15.2. The van der Waals surface area contributed by atoms with Crippen LogP contribution in [0.5, 0.6) is 0 Å². The molecule has 0 saturated carbocycles. The molecule has 0 spiro atoms. The second-order valence-corrected chi connectivity index (χ2v) is 8.69. The number of amides is 1. The lowest BCUT2D eigenvalue weighted by atomic mass is 10.0. The van der Waals surface area contributed by atoms with Crippen LogP contribution < -0.4 is 16.1 Å². The number of carbonyl (C=O) groups excluding carboxylic acids is 1. The number of nitrogens with one attached hydrogen (secondary N) is 1. The van der Waals surface area contributed by atoms with E-state index in [2.05, 4.69) is 50.9 Å². The van der Waals surface area contributed by atoms with Gasteiger partial charge < -0.3 is 15.8 Å². The summed E-state index contributed by atoms with van der Waals surface area (Å²) in [6.07, 6.45) is -0.478. The summed E-state index contributed by atoms with van der Waals surface area (Å²) < 4.78 is 6.28. The van der Waals surface area contributed by atoms with Gasteiger partial charge in [-0.15, -0.1) is 0 Å². The predicted molar refractivity (Wildman–Crippen MR) is 112 cm³/mol. The summed E-state index contributed by atoms with van der Waals surface area (Å²) in [7, 11) is 0. The van der Waals surface area contributed by atoms with Crippen molar-refractivity contribution in [2.45, 2.75) is 46.5 Å². The SMILES string of the molecule is CC(C)CN(CC(C)C)C1(C)OCCN(N2C(=O)CNc3[c]cccc32)C1N. The highest BCUT2D eigenvalue weighted by Crippen LogP contribution is 2.35. The van der Waals surface area contributed by atoms with Gasteiger partial charge in [0.25, 0.3) is 5.91 Å². The minimum atomic E-state index is -0.684. The van der Waals surface area contributed by atoms with Crippen molar-refractivity contribution in [2.75, 3.05) is 43.1 Å². The quantitative estimate of drug-likeness (QED) is 0.778. The summed E-state index contributed by atoms with van der Waals surface area (Å²) in [5, 5.41) is 6.82. The molecule has 0 bridgehead atoms. The minimum absolute atomic E-state index is 0.0222. The van der Waals surface area contributed by atoms with Gasteiger partial charge in [-0.1, -0.05) is 39.8 Å². The third-order valence-corrected chi connectivity index (χ3v) is 5.36. The van der Waals surface area contributed by atoms with Crippen molar-refractivity contribution in [3.63, 3.8) is 0 Å². The first-order chi connectivity index (χ1) is 13.2. The number of hydrazine groups is 1. The Hall–Kier alpha value is -1.67. The number of para-hydroxylation sites is 1. The fourth-order valence-electron chi connectivity index (χ4n) is 4.07. The number of nitrogens with two attached hydrogens (primary N) is 1. The van der Waals surface area contributed by atoms with Crippen LogP contribution in [0, 0.1) is 17.9 Å². The van der Waals surface area contributed by atoms with Gasteiger partial charge in [0.1, 0.15) is 11.9 Å². The summed E-state index contributed by atoms with van der Waals surface area (Å²) >= 11 is 0. The fraction of sp³-hybridized carbons (Fsp3) is 0.667. The number of nitrogens with zero attached hydrogens (tertiary/aromatic N) is 3. The number of rotatable bonds is 6. The number of hydrogen-bond donors (Lipinski definition) is 2. The van der Waals surface area contributed by atoms with E-state index < -0.39 is 11.9 Å². The molecule has 1 radical (unpaired) electrons. The van der Waals surface area contributed by atoms with Gasteiger partial charge >= 0.3 is 0 Å². The van der Waals surface area contributed by atoms with E-state index in [-0.39, 0.29) is 12.5 Å². The lowest BCUT2D eigenvalue weighted by molar-refractivity contribution is -0.223. The van der Waals surface area contributed by atoms with Gasteiger partial charge in [0.2, 0.25) is 0 Å². The molecule has 0 aliphatic carbocycles. The molecular weight excluding hydrogens is 354 g/mol. The largest absolute Gasteiger partial charge is 0.374 e. The molecular formula is C21H34N5O2. The Balaban J connectivity index is 1.93. The molecule has 2 atom stereocenters. The molecule has 1 aromatic carbocycles. The van der Waals surface area contributed by atoms with Crippen molar-refractivity contribution in [1.29, 1.82) is 0 Å². The van der Waals surface area contributed by atoms with Gasteiger partial charge in [-0.2, -0.15) is 5.01 Å². The highest BCUT2D eigenvalue weighted by atomic mass is 16.5. The first-order valence-electron chi connectivity index (χ1n) is 10.2. The topological polar surface area (TPSA) is 74.1 Å². The zero-order valence-electron chi connectivity index (χ0n) is 17.7. The molecule has 1 amide bonds. The first kappa shape index (κ1) is 21.0. The minimum Gasteiger partial charge on any atom is -0.374 e. The van der Waals surface area contributed by atoms with Crippen LogP contribution in [-0.2, 0) is 9.53 Å². The maximum Gasteiger partial charge on any atom is 0.260 e. The standard InChI is InChI=1S/C21H34N5O2/c1-15(2)13-24(14-16(3)4)21(5)20(22)25(10-11-28-21)26-18-9-7-6-8-17(18)23-12-19(26)27/h6-7,9,15-16,20,23H,10-14,22H2,1-5H3. The predicted octanol–water partition coefficient (Wildman–Crippen LogP) is 2.11. The number of carbonyl (C=O) groups is 1. The van der Waals surface area contributed by atoms with Gasteiger partial charge in [0.15, 0.2) is 0 Å². The van der Waals surface area contributed by atoms with Crippen molar-refractivity contribution in [1.82, 2.24) is 9.91 Å². The molecule has 155 valence electrons. The molecule has 7 nitrogen and oxygen atoms in total. The molecule has 2 unspecified atom stereocenters. The summed E-state index contributed by atoms with van der Waals surface area (Å²) in [6.45, 7) is 13.9. The highest BCUT2D eigenvalue weighted by Gasteiger charge is 2.48. The molecule has 2 heterocycles. The lowest BCUT2D eigenvalue weighted by Crippen LogP contribution is -2.74. The number of ether oxygens (including phenoxy) is 1. The van der Waals surface area contributed by atoms with Gasteiger partial charge in [-0.25, -0.2) is 5.01 Å². The first-order valence-corrected chi connectivity index (χ1v) is 10.2. The van der Waals surface area contributed by atoms with E-state index in [0.29, 0.717) is 25.0 Å². The highest BCUT2D eigenvalue weighted by molar-refractivity contribution is 6.01. The van der Waals surface area contributed by atoms with E-state index in [1.165, 1.54) is 0 Å². The molecule has 7 heteroatoms. The molecule has 1 fully saturated rings. The summed E-state index contributed by atoms with van der Waals surface area (Å²) in [5.41, 5.74) is 7.72. The van der Waals surface area contributed by atoms with Crippen molar-refractivity contribution < 1.29 is 9.53 Å². The second-order valence-electron chi connectivity index (χ2n) is 8.69. The molecule has 0 aromatic heterocycles. The number of fused-ring (bicyclic) bond motifs is 1. The molecule has 28 heavy (non-hydrogen) atoms. The maximum absolute atomic E-state index is 12.8. The second kappa shape index (κ2) is 8.37. The van der Waals surface area contributed by atoms with Gasteiger partial charge in [0, 0.05) is 25.7 Å². The Morgan fingerprint density at radius 2 is 2.04 bits per heavy atom. The Labute approximate surface area is 168 Å². The van der Waals surface area contributed by atoms with Crippen LogP contribution in [0.2, 0.25) is 0 Å². The van der Waals surface area contributed by atoms with Crippen LogP contribution >= 0.6 is 0 Å². The number of anilines is 2. The Bertz CT molecular complexity index is 685. The van der Waals surface area contributed by atoms with E-state index >= 15 is 0 Å². The van der Waals surface area contributed by atoms with Crippen molar-refractivity contribution in [3.8, 4) is 0 Å². The van der Waals surface area contributed by atoms with Crippen molar-refractivity contribution in [3.05, 3.63) is 24.3 Å². The van der Waals surface area contributed by atoms with Gasteiger partial charge in [-0.3, -0.25) is 9.69 Å². The van der Waals surface area contributed by atoms with Crippen LogP contribution in [0.25, 0.3) is 0 Å². The third kappa shape index (κ3) is 4.03. The molecule has 1 aromatic rings. The number of benzene rings is 1. The van der Waals surface area contributed by atoms with E-state index in [9.17, 15) is 4.79 Å². The lowest BCUT2D eigenvalue weighted by Gasteiger charge is -2.54. The normalized spacial score (nSPS) is 26.1. The average molecular weight is 389 g/mol. The zero-order valence-corrected chi connectivity index (χ0v) is 17.7. The molecule has 3 rings (SSSR count). The van der Waals surface area contributed by atoms with Crippen LogP contribution in [0.3, 0.4) is 0 Å². The monoisotopic (exact) mass is 388 g/mol. The van der Waals surface area contributed by atoms with Crippen molar-refractivity contribution >= 4 is 17.3 Å². The Morgan fingerprint density at radius 3 is 2.68 bits per heavy atom. The van der Waals surface area contributed by atoms with E-state index in [0.717, 1.165) is 24.5 Å². The number of hydrogen-bond acceptors (Lipinski definition) is 6. The summed E-state index contributed by atoms with van der Waals surface area (Å²) in [6, 6.07) is 8.83. The third-order valence-electron chi connectivity index (χ3n) is 5.36. The molecule has 2 aliphatic rings. The van der Waals surface area contributed by atoms with E-state index in [1.54, 1.807) is 5.01 Å². The van der Waals surface area contributed by atoms with E-state index in [4.69, 9.17) is 10.5 Å². The fourth-order valence-corrected chi connectivity index (χ4v) is 4.07. The smallest absolute Gasteiger partial charge is 0.260 e. The van der Waals surface area contributed by atoms with Crippen LogP contribution in [-0.4, -0.2) is 60.5 Å². The number of morpholine rings is 1. The summed E-state index contributed by atoms with van der Waals surface area (Å²) in [5.74, 6) is 0.946. The van der Waals surface area contributed by atoms with E-state index in [1.807, 2.05) is 23.2 Å². The van der Waals surface area contributed by atoms with Crippen molar-refractivity contribution in [2.24, 2.45) is 17.6 Å². The maximum atomic E-state index is 12.8. The zero-order chi connectivity index (χ0) is 20.5. The van der Waals surface area contributed by atoms with Gasteiger partial charge in [-0.05, 0) is 24.8 Å². The Morgan fingerprint density at radius 1 is 1.36 bits per heavy atom. The van der Waals surface area contributed by atoms with Crippen LogP contribution in [0.4, 0.5) is 11.4 Å². The van der Waals surface area contributed by atoms with Gasteiger partial charge in [0.05, 0.1) is 24.5 Å².